The van der Waals surface area contributed by atoms with E-state index < -0.39 is 0 Å². The van der Waals surface area contributed by atoms with Gasteiger partial charge in [-0.1, -0.05) is 30.7 Å². The molecule has 0 saturated heterocycles. The van der Waals surface area contributed by atoms with Gasteiger partial charge in [0.2, 0.25) is 10.8 Å². The molecule has 1 N–H and O–H groups in total. The van der Waals surface area contributed by atoms with Crippen molar-refractivity contribution >= 4 is 16.3 Å². The van der Waals surface area contributed by atoms with Crippen molar-refractivity contribution in [3.8, 4) is 17.4 Å². The van der Waals surface area contributed by atoms with Gasteiger partial charge in [0.1, 0.15) is 5.82 Å². The highest BCUT2D eigenvalue weighted by atomic mass is 32.1. The number of benzene rings is 1. The minimum absolute atomic E-state index is 0.134. The van der Waals surface area contributed by atoms with Crippen molar-refractivity contribution in [2.24, 2.45) is 0 Å². The molecule has 8 heteroatoms. The second kappa shape index (κ2) is 8.14. The molecule has 3 aromatic rings. The highest BCUT2D eigenvalue weighted by molar-refractivity contribution is 7.17. The molecule has 0 saturated carbocycles. The molecule has 0 radical (unpaired) electrons. The van der Waals surface area contributed by atoms with Crippen LogP contribution in [-0.4, -0.2) is 52.4 Å². The van der Waals surface area contributed by atoms with Crippen LogP contribution in [0, 0.1) is 6.92 Å². The van der Waals surface area contributed by atoms with Gasteiger partial charge in [0.05, 0.1) is 25.1 Å². The van der Waals surface area contributed by atoms with E-state index >= 15 is 0 Å². The first-order valence-electron chi connectivity index (χ1n) is 8.97. The van der Waals surface area contributed by atoms with Gasteiger partial charge in [-0.15, -0.1) is 5.10 Å². The number of aromatic nitrogens is 3. The van der Waals surface area contributed by atoms with Crippen LogP contribution in [0.1, 0.15) is 42.1 Å². The Morgan fingerprint density at radius 2 is 2.00 bits per heavy atom. The SMILES string of the molecule is CCCCN(C)C(c1ccc(OC)c(OC)c1)c1sc2nc(C)nn2c1O. The molecule has 1 unspecified atom stereocenters. The Kier molecular flexibility index (Phi) is 5.86. The summed E-state index contributed by atoms with van der Waals surface area (Å²) in [4.78, 5) is 8.14. The lowest BCUT2D eigenvalue weighted by molar-refractivity contribution is 0.269. The van der Waals surface area contributed by atoms with Crippen LogP contribution in [0.4, 0.5) is 0 Å². The Bertz CT molecular complexity index is 921. The van der Waals surface area contributed by atoms with Crippen molar-refractivity contribution in [3.05, 3.63) is 34.5 Å². The largest absolute Gasteiger partial charge is 0.493 e. The Hall–Kier alpha value is -2.32. The molecule has 2 heterocycles. The molecular formula is C19H26N4O3S. The van der Waals surface area contributed by atoms with Crippen LogP contribution in [0.25, 0.3) is 4.96 Å². The second-order valence-electron chi connectivity index (χ2n) is 6.49. The van der Waals surface area contributed by atoms with Crippen molar-refractivity contribution in [3.63, 3.8) is 0 Å². The quantitative estimate of drug-likeness (QED) is 0.633. The van der Waals surface area contributed by atoms with Gasteiger partial charge in [0.15, 0.2) is 11.5 Å². The monoisotopic (exact) mass is 390 g/mol. The summed E-state index contributed by atoms with van der Waals surface area (Å²) in [5.41, 5.74) is 1.02. The van der Waals surface area contributed by atoms with Gasteiger partial charge in [-0.2, -0.15) is 4.52 Å². The predicted octanol–water partition coefficient (Wildman–Crippen LogP) is 3.64. The smallest absolute Gasteiger partial charge is 0.230 e. The fourth-order valence-electron chi connectivity index (χ4n) is 3.19. The summed E-state index contributed by atoms with van der Waals surface area (Å²) in [7, 11) is 5.31. The average molecular weight is 391 g/mol. The molecule has 2 aromatic heterocycles. The number of aromatic hydroxyl groups is 1. The zero-order valence-electron chi connectivity index (χ0n) is 16.4. The third-order valence-corrected chi connectivity index (χ3v) is 5.65. The number of fused-ring (bicyclic) bond motifs is 1. The van der Waals surface area contributed by atoms with Crippen LogP contribution in [0.15, 0.2) is 18.2 Å². The van der Waals surface area contributed by atoms with Gasteiger partial charge in [-0.05, 0) is 44.6 Å². The minimum atomic E-state index is -0.134. The topological polar surface area (TPSA) is 72.1 Å². The van der Waals surface area contributed by atoms with E-state index in [1.54, 1.807) is 14.2 Å². The van der Waals surface area contributed by atoms with Gasteiger partial charge in [0.25, 0.3) is 0 Å². The molecule has 0 aliphatic heterocycles. The van der Waals surface area contributed by atoms with E-state index in [4.69, 9.17) is 9.47 Å². The highest BCUT2D eigenvalue weighted by Crippen LogP contribution is 2.41. The van der Waals surface area contributed by atoms with E-state index in [9.17, 15) is 5.11 Å². The Balaban J connectivity index is 2.10. The Labute approximate surface area is 163 Å². The average Bonchev–Trinajstić information content (AvgIpc) is 3.17. The minimum Gasteiger partial charge on any atom is -0.493 e. The van der Waals surface area contributed by atoms with E-state index in [-0.39, 0.29) is 11.9 Å². The number of methoxy groups -OCH3 is 2. The lowest BCUT2D eigenvalue weighted by Gasteiger charge is -2.28. The highest BCUT2D eigenvalue weighted by Gasteiger charge is 2.28. The third kappa shape index (κ3) is 3.72. The maximum atomic E-state index is 10.8. The van der Waals surface area contributed by atoms with Crippen LogP contribution in [-0.2, 0) is 0 Å². The summed E-state index contributed by atoms with van der Waals surface area (Å²) in [5, 5.41) is 15.1. The zero-order chi connectivity index (χ0) is 19.6. The summed E-state index contributed by atoms with van der Waals surface area (Å²) in [6.45, 7) is 4.89. The fraction of sp³-hybridized carbons (Fsp3) is 0.474. The molecule has 0 aliphatic carbocycles. The van der Waals surface area contributed by atoms with Crippen LogP contribution >= 0.6 is 11.3 Å². The van der Waals surface area contributed by atoms with Gasteiger partial charge in [-0.3, -0.25) is 4.90 Å². The van der Waals surface area contributed by atoms with Crippen LogP contribution < -0.4 is 9.47 Å². The molecule has 7 nitrogen and oxygen atoms in total. The molecule has 0 bridgehead atoms. The van der Waals surface area contributed by atoms with Gasteiger partial charge < -0.3 is 14.6 Å². The maximum Gasteiger partial charge on any atom is 0.230 e. The summed E-state index contributed by atoms with van der Waals surface area (Å²) < 4.78 is 12.4. The number of thiazole rings is 1. The van der Waals surface area contributed by atoms with Gasteiger partial charge in [0, 0.05) is 0 Å². The molecule has 146 valence electrons. The predicted molar refractivity (Wildman–Crippen MR) is 106 cm³/mol. The number of hydrogen-bond acceptors (Lipinski definition) is 7. The summed E-state index contributed by atoms with van der Waals surface area (Å²) in [6.07, 6.45) is 2.17. The summed E-state index contributed by atoms with van der Waals surface area (Å²) in [6, 6.07) is 5.74. The van der Waals surface area contributed by atoms with Crippen molar-refractivity contribution in [1.29, 1.82) is 0 Å². The van der Waals surface area contributed by atoms with Crippen molar-refractivity contribution in [1.82, 2.24) is 19.5 Å². The zero-order valence-corrected chi connectivity index (χ0v) is 17.2. The molecular weight excluding hydrogens is 364 g/mol. The van der Waals surface area contributed by atoms with Crippen LogP contribution in [0.2, 0.25) is 0 Å². The van der Waals surface area contributed by atoms with Crippen molar-refractivity contribution < 1.29 is 14.6 Å². The third-order valence-electron chi connectivity index (χ3n) is 4.58. The molecule has 0 fully saturated rings. The van der Waals surface area contributed by atoms with E-state index in [1.807, 2.05) is 25.1 Å². The lowest BCUT2D eigenvalue weighted by Crippen LogP contribution is -2.26. The van der Waals surface area contributed by atoms with Crippen molar-refractivity contribution in [2.45, 2.75) is 32.7 Å². The Morgan fingerprint density at radius 3 is 2.63 bits per heavy atom. The summed E-state index contributed by atoms with van der Waals surface area (Å²) in [5.74, 6) is 2.13. The number of nitrogens with zero attached hydrogens (tertiary/aromatic N) is 4. The number of rotatable bonds is 8. The van der Waals surface area contributed by atoms with Crippen LogP contribution in [0.3, 0.4) is 0 Å². The lowest BCUT2D eigenvalue weighted by atomic mass is 10.0. The second-order valence-corrected chi connectivity index (χ2v) is 7.50. The van der Waals surface area contributed by atoms with Gasteiger partial charge >= 0.3 is 0 Å². The first-order valence-corrected chi connectivity index (χ1v) is 9.79. The standard InChI is InChI=1S/C19H26N4O3S/c1-6-7-10-22(3)16(13-8-9-14(25-4)15(11-13)26-5)17-18(24)23-19(27-17)20-12(2)21-23/h8-9,11,16,24H,6-7,10H2,1-5H3. The molecule has 3 rings (SSSR count). The molecule has 1 atom stereocenters. The maximum absolute atomic E-state index is 10.8. The number of unbranched alkanes of at least 4 members (excludes halogenated alkanes) is 1. The normalized spacial score (nSPS) is 12.7. The van der Waals surface area contributed by atoms with E-state index in [0.29, 0.717) is 22.3 Å². The first-order chi connectivity index (χ1) is 13.0. The first kappa shape index (κ1) is 19.4. The molecule has 27 heavy (non-hydrogen) atoms. The van der Waals surface area contributed by atoms with Gasteiger partial charge in [-0.25, -0.2) is 4.98 Å². The fourth-order valence-corrected chi connectivity index (χ4v) is 4.39. The molecule has 1 aromatic carbocycles. The summed E-state index contributed by atoms with van der Waals surface area (Å²) >= 11 is 1.46. The molecule has 0 aliphatic rings. The number of ether oxygens (including phenoxy) is 2. The van der Waals surface area contributed by atoms with Crippen LogP contribution in [0.5, 0.6) is 17.4 Å². The molecule has 0 spiro atoms. The van der Waals surface area contributed by atoms with Crippen molar-refractivity contribution in [2.75, 3.05) is 27.8 Å². The Morgan fingerprint density at radius 1 is 1.26 bits per heavy atom. The number of hydrogen-bond donors (Lipinski definition) is 1. The van der Waals surface area contributed by atoms with E-state index in [0.717, 1.165) is 29.8 Å². The number of aryl methyl sites for hydroxylation is 1. The molecule has 0 amide bonds. The van der Waals surface area contributed by atoms with E-state index in [1.165, 1.54) is 15.9 Å². The van der Waals surface area contributed by atoms with E-state index in [2.05, 4.69) is 29.0 Å².